The number of ether oxygens (including phenoxy) is 2. The number of thiazole rings is 1. The van der Waals surface area contributed by atoms with E-state index in [-0.39, 0.29) is 34.6 Å². The first-order valence-corrected chi connectivity index (χ1v) is 15.8. The summed E-state index contributed by atoms with van der Waals surface area (Å²) >= 11 is 1.06. The highest BCUT2D eigenvalue weighted by molar-refractivity contribution is 7.91. The average molecular weight is 634 g/mol. The van der Waals surface area contributed by atoms with Gasteiger partial charge in [-0.3, -0.25) is 9.69 Å². The molecule has 10 nitrogen and oxygen atoms in total. The molecule has 1 aliphatic heterocycles. The largest absolute Gasteiger partial charge is 0.345 e. The summed E-state index contributed by atoms with van der Waals surface area (Å²) in [4.78, 5) is 21.7. The van der Waals surface area contributed by atoms with E-state index in [0.717, 1.165) is 11.3 Å². The number of halogens is 4. The molecule has 2 aromatic rings. The highest BCUT2D eigenvalue weighted by Gasteiger charge is 2.40. The second-order valence-corrected chi connectivity index (χ2v) is 13.2. The minimum Gasteiger partial charge on any atom is -0.343 e. The van der Waals surface area contributed by atoms with Gasteiger partial charge in [-0.25, -0.2) is 13.4 Å². The van der Waals surface area contributed by atoms with Gasteiger partial charge in [-0.15, -0.1) is 0 Å². The summed E-state index contributed by atoms with van der Waals surface area (Å²) in [6.07, 6.45) is 1.63. The summed E-state index contributed by atoms with van der Waals surface area (Å²) in [5.74, 6) is -0.553. The molecule has 230 valence electrons. The predicted molar refractivity (Wildman–Crippen MR) is 145 cm³/mol. The van der Waals surface area contributed by atoms with Gasteiger partial charge >= 0.3 is 13.2 Å². The number of nitrogens with zero attached hydrogens (tertiary/aromatic N) is 4. The molecule has 0 bridgehead atoms. The molecule has 1 amide bonds. The summed E-state index contributed by atoms with van der Waals surface area (Å²) in [5.41, 5.74) is 0.558. The lowest BCUT2D eigenvalue weighted by molar-refractivity contribution is -0.194. The van der Waals surface area contributed by atoms with Crippen molar-refractivity contribution in [2.45, 2.75) is 68.5 Å². The highest BCUT2D eigenvalue weighted by atomic mass is 32.2. The van der Waals surface area contributed by atoms with Crippen LogP contribution < -0.4 is 10.2 Å². The third kappa shape index (κ3) is 7.95. The monoisotopic (exact) mass is 633 g/mol. The number of anilines is 1. The van der Waals surface area contributed by atoms with Crippen LogP contribution in [0.2, 0.25) is 0 Å². The molecule has 1 unspecified atom stereocenters. The summed E-state index contributed by atoms with van der Waals surface area (Å²) < 4.78 is 84.1. The number of amides is 1. The zero-order valence-electron chi connectivity index (χ0n) is 22.7. The number of sulfone groups is 1. The van der Waals surface area contributed by atoms with Gasteiger partial charge in [0.25, 0.3) is 5.91 Å². The Hall–Kier alpha value is -2.84. The van der Waals surface area contributed by atoms with E-state index in [0.29, 0.717) is 43.2 Å². The maximum absolute atomic E-state index is 13.1. The number of carbonyl (C=O) groups is 1. The third-order valence-corrected chi connectivity index (χ3v) is 10.2. The van der Waals surface area contributed by atoms with Crippen LogP contribution in [0.1, 0.15) is 47.5 Å². The lowest BCUT2D eigenvalue weighted by Gasteiger charge is -2.48. The Bertz CT molecular complexity index is 1350. The summed E-state index contributed by atoms with van der Waals surface area (Å²) in [6.45, 7) is -3.30. The molecule has 1 aliphatic carbocycles. The van der Waals surface area contributed by atoms with E-state index < -0.39 is 47.2 Å². The minimum absolute atomic E-state index is 0.00389. The van der Waals surface area contributed by atoms with Crippen molar-refractivity contribution in [3.05, 3.63) is 40.9 Å². The minimum atomic E-state index is -3.40. The molecular weight excluding hydrogens is 602 g/mol. The van der Waals surface area contributed by atoms with Crippen molar-refractivity contribution in [2.75, 3.05) is 36.9 Å². The quantitative estimate of drug-likeness (QED) is 0.328. The first-order valence-electron chi connectivity index (χ1n) is 13.3. The fourth-order valence-corrected chi connectivity index (χ4v) is 6.83. The van der Waals surface area contributed by atoms with Crippen LogP contribution >= 0.6 is 11.3 Å². The molecule has 1 aromatic heterocycles. The van der Waals surface area contributed by atoms with Crippen molar-refractivity contribution in [1.29, 1.82) is 5.26 Å². The number of nitrogens with one attached hydrogen (secondary N) is 1. The molecule has 0 spiro atoms. The number of hydrogen-bond donors (Lipinski definition) is 1. The van der Waals surface area contributed by atoms with Gasteiger partial charge in [-0.2, -0.15) is 22.8 Å². The third-order valence-electron chi connectivity index (χ3n) is 7.40. The predicted octanol–water partition coefficient (Wildman–Crippen LogP) is 3.82. The smallest absolute Gasteiger partial charge is 0.343 e. The molecular formula is C26H31F4N5O5S2. The Kier molecular flexibility index (Phi) is 10.8. The van der Waals surface area contributed by atoms with Gasteiger partial charge in [0.15, 0.2) is 15.0 Å². The van der Waals surface area contributed by atoms with E-state index in [9.17, 15) is 36.0 Å². The van der Waals surface area contributed by atoms with Crippen molar-refractivity contribution in [2.24, 2.45) is 0 Å². The fraction of sp³-hybridized carbons (Fsp3) is 0.577. The molecule has 1 aromatic carbocycles. The lowest BCUT2D eigenvalue weighted by Crippen LogP contribution is -2.60. The summed E-state index contributed by atoms with van der Waals surface area (Å²) in [5, 5.41) is 12.5. The standard InChI is InChI=1S/C26H31F4N5O5S2/c1-2-42(37,38)20-5-3-16(4-6-20)21(7-8-31)33-23(36)22-13-32-26(41-22)35-10-9-34(14-18(35)15-39-24(27)28)17-11-19(12-17)40-25(29)30/h3-6,13,17-19,21,24-25H,2,7,9-12,14-15H2,1H3,(H,33,36)/t17?,18?,19?,21-/m0/s1. The van der Waals surface area contributed by atoms with Crippen LogP contribution in [0.3, 0.4) is 0 Å². The molecule has 1 saturated carbocycles. The highest BCUT2D eigenvalue weighted by Crippen LogP contribution is 2.33. The van der Waals surface area contributed by atoms with Crippen molar-refractivity contribution in [3.8, 4) is 6.07 Å². The first kappa shape index (κ1) is 32.1. The van der Waals surface area contributed by atoms with Gasteiger partial charge in [-0.1, -0.05) is 30.4 Å². The van der Waals surface area contributed by atoms with Gasteiger partial charge < -0.3 is 19.7 Å². The molecule has 1 N–H and O–H groups in total. The van der Waals surface area contributed by atoms with Crippen LogP contribution in [0.25, 0.3) is 0 Å². The van der Waals surface area contributed by atoms with Crippen molar-refractivity contribution >= 4 is 32.2 Å². The van der Waals surface area contributed by atoms with Crippen molar-refractivity contribution < 1.29 is 40.2 Å². The molecule has 16 heteroatoms. The average Bonchev–Trinajstić information content (AvgIpc) is 3.43. The van der Waals surface area contributed by atoms with Crippen molar-refractivity contribution in [3.63, 3.8) is 0 Å². The second kappa shape index (κ2) is 14.1. The van der Waals surface area contributed by atoms with Crippen LogP contribution in [0, 0.1) is 11.3 Å². The van der Waals surface area contributed by atoms with E-state index >= 15 is 0 Å². The summed E-state index contributed by atoms with van der Waals surface area (Å²) in [7, 11) is -3.40. The Morgan fingerprint density at radius 3 is 2.52 bits per heavy atom. The molecule has 42 heavy (non-hydrogen) atoms. The van der Waals surface area contributed by atoms with E-state index in [2.05, 4.69) is 19.8 Å². The molecule has 2 atom stereocenters. The van der Waals surface area contributed by atoms with E-state index in [1.165, 1.54) is 25.3 Å². The second-order valence-electron chi connectivity index (χ2n) is 9.95. The zero-order chi connectivity index (χ0) is 30.4. The Labute approximate surface area is 245 Å². The maximum Gasteiger partial charge on any atom is 0.345 e. The van der Waals surface area contributed by atoms with Gasteiger partial charge in [-0.05, 0) is 30.5 Å². The molecule has 0 radical (unpaired) electrons. The van der Waals surface area contributed by atoms with Crippen molar-refractivity contribution in [1.82, 2.24) is 15.2 Å². The van der Waals surface area contributed by atoms with Crippen LogP contribution in [-0.2, 0) is 19.3 Å². The normalized spacial score (nSPS) is 22.1. The fourth-order valence-electron chi connectivity index (χ4n) is 5.03. The van der Waals surface area contributed by atoms with E-state index in [1.807, 2.05) is 11.0 Å². The summed E-state index contributed by atoms with van der Waals surface area (Å²) in [6, 6.07) is 6.78. The van der Waals surface area contributed by atoms with Gasteiger partial charge in [0.2, 0.25) is 0 Å². The van der Waals surface area contributed by atoms with E-state index in [4.69, 9.17) is 0 Å². The zero-order valence-corrected chi connectivity index (χ0v) is 24.3. The van der Waals surface area contributed by atoms with E-state index in [1.54, 1.807) is 17.0 Å². The van der Waals surface area contributed by atoms with Gasteiger partial charge in [0.1, 0.15) is 4.88 Å². The number of hydrogen-bond acceptors (Lipinski definition) is 10. The van der Waals surface area contributed by atoms with Gasteiger partial charge in [0, 0.05) is 25.7 Å². The molecule has 2 aliphatic rings. The Morgan fingerprint density at radius 2 is 1.90 bits per heavy atom. The topological polar surface area (TPSA) is 125 Å². The number of carbonyl (C=O) groups excluding carboxylic acids is 1. The maximum atomic E-state index is 13.1. The molecule has 2 heterocycles. The molecule has 4 rings (SSSR count). The number of piperazine rings is 1. The number of nitriles is 1. The molecule has 1 saturated heterocycles. The number of aromatic nitrogens is 1. The van der Waals surface area contributed by atoms with Crippen LogP contribution in [0.5, 0.6) is 0 Å². The van der Waals surface area contributed by atoms with Crippen LogP contribution in [0.15, 0.2) is 35.4 Å². The van der Waals surface area contributed by atoms with Gasteiger partial charge in [0.05, 0.1) is 54.1 Å². The molecule has 2 fully saturated rings. The van der Waals surface area contributed by atoms with Crippen LogP contribution in [0.4, 0.5) is 22.7 Å². The van der Waals surface area contributed by atoms with Crippen LogP contribution in [-0.4, -0.2) is 87.6 Å². The lowest BCUT2D eigenvalue weighted by atomic mass is 9.87. The number of rotatable bonds is 13. The Morgan fingerprint density at radius 1 is 1.19 bits per heavy atom. The first-order chi connectivity index (χ1) is 20.0. The number of benzene rings is 1. The number of alkyl halides is 4. The Balaban J connectivity index is 1.42. The SMILES string of the molecule is CCS(=O)(=O)c1ccc([C@H](CC#N)NC(=O)c2cnc(N3CCN(C4CC(OC(F)F)C4)CC3COC(F)F)s2)cc1.